The average Bonchev–Trinajstić information content (AvgIpc) is 3.43. The van der Waals surface area contributed by atoms with E-state index in [1.165, 1.54) is 16.9 Å². The summed E-state index contributed by atoms with van der Waals surface area (Å²) in [5.41, 5.74) is 6.50. The fourth-order valence-corrected chi connectivity index (χ4v) is 7.27. The molecule has 40 heavy (non-hydrogen) atoms. The highest BCUT2D eigenvalue weighted by atomic mass is 32.5. The molecule has 2 fully saturated rings. The van der Waals surface area contributed by atoms with E-state index in [0.717, 1.165) is 0 Å². The Kier molecular flexibility index (Phi) is 9.62. The van der Waals surface area contributed by atoms with Crippen molar-refractivity contribution in [3.05, 3.63) is 24.2 Å². The number of hydrogen-bond donors (Lipinski definition) is 10. The van der Waals surface area contributed by atoms with Crippen molar-refractivity contribution in [3.63, 3.8) is 0 Å². The lowest BCUT2D eigenvalue weighted by molar-refractivity contribution is -0.292. The van der Waals surface area contributed by atoms with Gasteiger partial charge in [-0.05, 0) is 23.9 Å². The highest BCUT2D eigenvalue weighted by Gasteiger charge is 2.50. The number of hydrogen-bond acceptors (Lipinski definition) is 17. The van der Waals surface area contributed by atoms with E-state index in [0.29, 0.717) is 11.2 Å². The number of phosphoric ester groups is 1. The topological polar surface area (TPSA) is 302 Å². The lowest BCUT2D eigenvalue weighted by atomic mass is 9.96. The number of rotatable bonds is 10. The van der Waals surface area contributed by atoms with Gasteiger partial charge in [-0.1, -0.05) is 0 Å². The van der Waals surface area contributed by atoms with Crippen molar-refractivity contribution in [2.75, 3.05) is 18.9 Å². The molecule has 4 rings (SSSR count). The number of aliphatic hydroxyl groups excluding tert-OH is 7. The van der Waals surface area contributed by atoms with Crippen molar-refractivity contribution in [1.82, 2.24) is 14.6 Å². The van der Waals surface area contributed by atoms with E-state index >= 15 is 0 Å². The quantitative estimate of drug-likeness (QED) is 0.111. The molecular formula is C18H28N4O15P2S. The van der Waals surface area contributed by atoms with Gasteiger partial charge in [0.1, 0.15) is 66.8 Å². The molecule has 0 aromatic carbocycles. The van der Waals surface area contributed by atoms with Crippen LogP contribution in [0.15, 0.2) is 18.5 Å². The van der Waals surface area contributed by atoms with E-state index in [1.54, 1.807) is 6.07 Å². The summed E-state index contributed by atoms with van der Waals surface area (Å²) in [6.45, 7) is -6.33. The van der Waals surface area contributed by atoms with Gasteiger partial charge in [0.15, 0.2) is 12.1 Å². The van der Waals surface area contributed by atoms with Crippen LogP contribution in [-0.2, 0) is 39.2 Å². The molecule has 2 aliphatic rings. The van der Waals surface area contributed by atoms with Gasteiger partial charge in [-0.15, -0.1) is 0 Å². The van der Waals surface area contributed by atoms with Crippen LogP contribution in [0.3, 0.4) is 0 Å². The Labute approximate surface area is 229 Å². The number of nitrogens with two attached hydrogens (primary N) is 1. The highest BCUT2D eigenvalue weighted by Crippen LogP contribution is 2.61. The average molecular weight is 634 g/mol. The molecule has 0 aliphatic carbocycles. The molecule has 0 bridgehead atoms. The van der Waals surface area contributed by atoms with Gasteiger partial charge in [0, 0.05) is 0 Å². The first-order valence-corrected chi connectivity index (χ1v) is 15.5. The van der Waals surface area contributed by atoms with Crippen LogP contribution in [-0.4, -0.2) is 128 Å². The van der Waals surface area contributed by atoms with E-state index in [9.17, 15) is 45.0 Å². The van der Waals surface area contributed by atoms with Gasteiger partial charge in [0.25, 0.3) is 0 Å². The molecule has 7 unspecified atom stereocenters. The van der Waals surface area contributed by atoms with E-state index in [2.05, 4.69) is 18.9 Å². The zero-order valence-electron chi connectivity index (χ0n) is 20.1. The Hall–Kier alpha value is -1.26. The SMILES string of the molecule is Nc1ncnn2c([C@@H]3O[C@H](COP(O)(=S)OP(=O)(O)OC4OC([C@@H](O)CO)C(O)C(O)C4O)[C@@H](O)[C@H]3O)ccc12. The third-order valence-electron chi connectivity index (χ3n) is 6.18. The van der Waals surface area contributed by atoms with Gasteiger partial charge in [-0.2, -0.15) is 5.10 Å². The minimum Gasteiger partial charge on any atom is -0.394 e. The smallest absolute Gasteiger partial charge is 0.394 e. The second-order valence-corrected chi connectivity index (χ2v) is 13.3. The van der Waals surface area contributed by atoms with Crippen LogP contribution in [0.1, 0.15) is 11.8 Å². The van der Waals surface area contributed by atoms with Crippen molar-refractivity contribution in [1.29, 1.82) is 0 Å². The van der Waals surface area contributed by atoms with Crippen molar-refractivity contribution < 1.29 is 72.9 Å². The molecule has 12 atom stereocenters. The second-order valence-electron chi connectivity index (χ2n) is 8.89. The monoisotopic (exact) mass is 634 g/mol. The predicted molar refractivity (Wildman–Crippen MR) is 131 cm³/mol. The van der Waals surface area contributed by atoms with Gasteiger partial charge in [-0.3, -0.25) is 4.52 Å². The maximum absolute atomic E-state index is 12.5. The van der Waals surface area contributed by atoms with Gasteiger partial charge >= 0.3 is 14.5 Å². The first-order valence-electron chi connectivity index (χ1n) is 11.4. The highest BCUT2D eigenvalue weighted by molar-refractivity contribution is 8.08. The maximum Gasteiger partial charge on any atom is 0.481 e. The van der Waals surface area contributed by atoms with Gasteiger partial charge in [0.05, 0.1) is 18.9 Å². The van der Waals surface area contributed by atoms with Gasteiger partial charge < -0.3 is 65.3 Å². The van der Waals surface area contributed by atoms with Crippen molar-refractivity contribution >= 4 is 37.7 Å². The molecule has 226 valence electrons. The Balaban J connectivity index is 1.38. The molecule has 0 radical (unpaired) electrons. The number of ether oxygens (including phenoxy) is 2. The zero-order chi connectivity index (χ0) is 29.6. The zero-order valence-corrected chi connectivity index (χ0v) is 22.7. The van der Waals surface area contributed by atoms with Crippen LogP contribution in [0.25, 0.3) is 5.52 Å². The lowest BCUT2D eigenvalue weighted by Gasteiger charge is -2.41. The summed E-state index contributed by atoms with van der Waals surface area (Å²) in [7, 11) is -5.44. The number of anilines is 1. The fourth-order valence-electron chi connectivity index (χ4n) is 4.17. The van der Waals surface area contributed by atoms with Crippen molar-refractivity contribution in [2.45, 2.75) is 61.2 Å². The number of aromatic nitrogens is 3. The first kappa shape index (κ1) is 31.7. The van der Waals surface area contributed by atoms with Crippen LogP contribution < -0.4 is 5.73 Å². The second kappa shape index (κ2) is 12.2. The van der Waals surface area contributed by atoms with E-state index < -0.39 is 89.0 Å². The van der Waals surface area contributed by atoms with E-state index in [-0.39, 0.29) is 5.82 Å². The molecule has 0 amide bonds. The molecule has 2 saturated heterocycles. The number of nitrogen functional groups attached to an aromatic ring is 1. The van der Waals surface area contributed by atoms with Crippen LogP contribution >= 0.6 is 14.5 Å². The number of nitrogens with zero attached hydrogens (tertiary/aromatic N) is 3. The summed E-state index contributed by atoms with van der Waals surface area (Å²) in [5.74, 6) is 0.153. The van der Waals surface area contributed by atoms with Gasteiger partial charge in [-0.25, -0.2) is 18.4 Å². The summed E-state index contributed by atoms with van der Waals surface area (Å²) >= 11 is 4.71. The van der Waals surface area contributed by atoms with Crippen LogP contribution in [0.2, 0.25) is 0 Å². The molecule has 11 N–H and O–H groups in total. The normalized spacial score (nSPS) is 36.8. The number of aliphatic hydroxyl groups is 7. The Morgan fingerprint density at radius 2 is 1.77 bits per heavy atom. The number of fused-ring (bicyclic) bond motifs is 1. The van der Waals surface area contributed by atoms with Crippen LogP contribution in [0.5, 0.6) is 0 Å². The summed E-state index contributed by atoms with van der Waals surface area (Å²) in [5, 5.41) is 73.7. The van der Waals surface area contributed by atoms with Crippen LogP contribution in [0, 0.1) is 0 Å². The summed E-state index contributed by atoms with van der Waals surface area (Å²) < 4.78 is 38.6. The maximum atomic E-state index is 12.5. The van der Waals surface area contributed by atoms with Crippen molar-refractivity contribution in [3.8, 4) is 0 Å². The Bertz CT molecular complexity index is 1290. The molecule has 22 heteroatoms. The largest absolute Gasteiger partial charge is 0.481 e. The first-order chi connectivity index (χ1) is 18.7. The fraction of sp³-hybridized carbons (Fsp3) is 0.667. The Morgan fingerprint density at radius 3 is 2.45 bits per heavy atom. The third-order valence-corrected chi connectivity index (χ3v) is 9.70. The molecule has 2 aliphatic heterocycles. The summed E-state index contributed by atoms with van der Waals surface area (Å²) in [6, 6.07) is 3.10. The van der Waals surface area contributed by atoms with Crippen LogP contribution in [0.4, 0.5) is 5.82 Å². The van der Waals surface area contributed by atoms with Crippen molar-refractivity contribution in [2.24, 2.45) is 0 Å². The standard InChI is InChI=1S/C18H28N4O15P2S/c19-17-7-2-1-6(22(7)21-5-20-17)15-12(27)10(25)9(34-15)4-33-39(32,40)37-38(30,31)36-18-14(29)11(26)13(28)16(35-18)8(24)3-23/h1-2,5,8-16,18,23-29H,3-4H2,(H,30,31)(H,32,40)(H2,19,20,21)/t8-,9+,10+,11?,12+,13?,14?,15-,16?,18?,39?/m0/s1. The third kappa shape index (κ3) is 6.54. The number of phosphoric acid groups is 1. The van der Waals surface area contributed by atoms with Gasteiger partial charge in [0.2, 0.25) is 0 Å². The molecule has 2 aromatic rings. The minimum atomic E-state index is -5.44. The molecule has 4 heterocycles. The summed E-state index contributed by atoms with van der Waals surface area (Å²) in [6.07, 6.45) is -16.2. The minimum absolute atomic E-state index is 0.153. The van der Waals surface area contributed by atoms with E-state index in [1.807, 2.05) is 0 Å². The predicted octanol–water partition coefficient (Wildman–Crippen LogP) is -4.00. The molecular weight excluding hydrogens is 606 g/mol. The molecule has 19 nitrogen and oxygen atoms in total. The molecule has 2 aromatic heterocycles. The lowest BCUT2D eigenvalue weighted by Crippen LogP contribution is -2.61. The Morgan fingerprint density at radius 1 is 1.07 bits per heavy atom. The molecule has 0 spiro atoms. The van der Waals surface area contributed by atoms with E-state index in [4.69, 9.17) is 36.6 Å². The summed E-state index contributed by atoms with van der Waals surface area (Å²) in [4.78, 5) is 24.2. The molecule has 0 saturated carbocycles.